The molecule has 20 rings (SSSR count). The lowest BCUT2D eigenvalue weighted by Crippen LogP contribution is -2.56. The van der Waals surface area contributed by atoms with Crippen molar-refractivity contribution in [3.05, 3.63) is 162 Å². The monoisotopic (exact) mass is 959 g/mol. The second-order valence-electron chi connectivity index (χ2n) is 26.9. The van der Waals surface area contributed by atoms with Gasteiger partial charge in [0.15, 0.2) is 0 Å². The number of furan rings is 1. The zero-order valence-electron chi connectivity index (χ0n) is 43.2. The first kappa shape index (κ1) is 41.8. The van der Waals surface area contributed by atoms with Crippen molar-refractivity contribution in [1.29, 1.82) is 0 Å². The Bertz CT molecular complexity index is 4040. The van der Waals surface area contributed by atoms with Gasteiger partial charge in [-0.1, -0.05) is 112 Å². The second-order valence-corrected chi connectivity index (χ2v) is 26.9. The van der Waals surface area contributed by atoms with Crippen LogP contribution in [-0.4, -0.2) is 11.3 Å². The average molecular weight is 959 g/mol. The number of aromatic nitrogens is 1. The molecule has 8 aliphatic carbocycles. The van der Waals surface area contributed by atoms with Gasteiger partial charge >= 0.3 is 6.85 Å². The lowest BCUT2D eigenvalue weighted by molar-refractivity contribution is -0.00527. The number of benzene rings is 8. The van der Waals surface area contributed by atoms with E-state index in [2.05, 4.69) is 176 Å². The van der Waals surface area contributed by atoms with Crippen LogP contribution in [0, 0.1) is 35.5 Å². The van der Waals surface area contributed by atoms with Gasteiger partial charge < -0.3 is 8.90 Å². The molecule has 10 aromatic rings. The van der Waals surface area contributed by atoms with Crippen LogP contribution in [0.2, 0.25) is 0 Å². The molecular weight excluding hydrogens is 896 g/mol. The summed E-state index contributed by atoms with van der Waals surface area (Å²) < 4.78 is 10.5. The van der Waals surface area contributed by atoms with Crippen molar-refractivity contribution in [2.24, 2.45) is 35.5 Å². The summed E-state index contributed by atoms with van der Waals surface area (Å²) in [4.78, 5) is 2.59. The highest BCUT2D eigenvalue weighted by atomic mass is 16.4. The van der Waals surface area contributed by atoms with Gasteiger partial charge in [0.1, 0.15) is 5.58 Å². The molecule has 8 bridgehead atoms. The Kier molecular flexibility index (Phi) is 8.04. The average Bonchev–Trinajstić information content (AvgIpc) is 4.02. The summed E-state index contributed by atoms with van der Waals surface area (Å²) in [6.07, 6.45) is 17.0. The Balaban J connectivity index is 0.987. The molecule has 2 aromatic heterocycles. The van der Waals surface area contributed by atoms with Crippen LogP contribution < -0.4 is 15.8 Å². The van der Waals surface area contributed by atoms with E-state index in [4.69, 9.17) is 4.42 Å². The number of fused-ring (bicyclic) bond motifs is 12. The Morgan fingerprint density at radius 3 is 1.77 bits per heavy atom. The van der Waals surface area contributed by atoms with Crippen LogP contribution in [0.1, 0.15) is 115 Å². The highest BCUT2D eigenvalue weighted by Crippen LogP contribution is 2.64. The van der Waals surface area contributed by atoms with Crippen molar-refractivity contribution in [2.45, 2.75) is 114 Å². The van der Waals surface area contributed by atoms with Crippen molar-refractivity contribution in [3.63, 3.8) is 0 Å². The first-order valence-corrected chi connectivity index (χ1v) is 28.8. The molecule has 0 spiro atoms. The minimum Gasteiger partial charge on any atom is -0.440 e. The summed E-state index contributed by atoms with van der Waals surface area (Å²) in [6.45, 7) is 6.91. The number of anilines is 3. The molecule has 3 nitrogen and oxygen atoms in total. The molecule has 0 unspecified atom stereocenters. The molecule has 4 heterocycles. The normalized spacial score (nSPS) is 27.9. The molecule has 0 atom stereocenters. The Hall–Kier alpha value is -6.52. The maximum absolute atomic E-state index is 7.65. The van der Waals surface area contributed by atoms with Crippen LogP contribution in [0.3, 0.4) is 0 Å². The zero-order chi connectivity index (χ0) is 48.6. The number of rotatable bonds is 4. The summed E-state index contributed by atoms with van der Waals surface area (Å²) in [7, 11) is 0. The molecule has 10 aliphatic rings. The fraction of sp³-hybridized carbons (Fsp3) is 0.343. The van der Waals surface area contributed by atoms with E-state index >= 15 is 0 Å². The van der Waals surface area contributed by atoms with Gasteiger partial charge in [-0.3, -0.25) is 4.90 Å². The highest BCUT2D eigenvalue weighted by molar-refractivity contribution is 6.92. The van der Waals surface area contributed by atoms with Crippen LogP contribution in [0.5, 0.6) is 0 Å². The predicted molar refractivity (Wildman–Crippen MR) is 309 cm³/mol. The fourth-order valence-corrected chi connectivity index (χ4v) is 19.3. The minimum absolute atomic E-state index is 0.0349. The van der Waals surface area contributed by atoms with Crippen molar-refractivity contribution in [2.75, 3.05) is 4.90 Å². The molecule has 2 aliphatic heterocycles. The molecule has 8 fully saturated rings. The predicted octanol–water partition coefficient (Wildman–Crippen LogP) is 17.2. The maximum atomic E-state index is 7.65. The van der Waals surface area contributed by atoms with Crippen LogP contribution in [0.25, 0.3) is 76.6 Å². The third-order valence-electron chi connectivity index (χ3n) is 21.5. The molecule has 0 saturated heterocycles. The maximum Gasteiger partial charge on any atom is 0.337 e. The van der Waals surface area contributed by atoms with Crippen molar-refractivity contribution < 1.29 is 4.42 Å². The van der Waals surface area contributed by atoms with Crippen LogP contribution in [0.4, 0.5) is 17.3 Å². The largest absolute Gasteiger partial charge is 0.440 e. The lowest BCUT2D eigenvalue weighted by atomic mass is 9.44. The lowest BCUT2D eigenvalue weighted by Gasteiger charge is -2.57. The van der Waals surface area contributed by atoms with Crippen molar-refractivity contribution >= 4 is 89.4 Å². The van der Waals surface area contributed by atoms with E-state index in [0.717, 1.165) is 52.7 Å². The van der Waals surface area contributed by atoms with E-state index < -0.39 is 0 Å². The third kappa shape index (κ3) is 5.55. The van der Waals surface area contributed by atoms with Gasteiger partial charge in [-0.2, -0.15) is 0 Å². The van der Waals surface area contributed by atoms with E-state index in [9.17, 15) is 0 Å². The van der Waals surface area contributed by atoms with Gasteiger partial charge in [0.2, 0.25) is 5.88 Å². The molecule has 0 N–H and O–H groups in total. The van der Waals surface area contributed by atoms with Gasteiger partial charge in [-0.05, 0) is 233 Å². The van der Waals surface area contributed by atoms with Crippen molar-refractivity contribution in [1.82, 2.24) is 4.48 Å². The van der Waals surface area contributed by atoms with Crippen molar-refractivity contribution in [3.8, 4) is 22.3 Å². The Morgan fingerprint density at radius 2 is 1.09 bits per heavy atom. The fourth-order valence-electron chi connectivity index (χ4n) is 19.3. The molecule has 0 amide bonds. The molecule has 0 radical (unpaired) electrons. The molecule has 4 heteroatoms. The van der Waals surface area contributed by atoms with E-state index in [1.54, 1.807) is 11.1 Å². The standard InChI is InChI=1S/C70H63BN2O/c1-68(2,3)50-17-19-60(54(30-50)46-11-5-4-6-12-46)72-66-53-16-10-9-15-49(53)28-56-58-33-52(70-37-43-24-44(38-70)26-45(25-43)39-70)32-57-55-31-51(69-34-40-21-41(35-69)23-42(22-40)36-69)18-20-61(55)73(65(57)58)71(63(56)66)64-59-27-47-13-7-8-14-48(47)29-62(59)74-67(64)72/h4-20,27-33,40-45H,21-26,34-39H2,1-3H3. The number of hydrogen-bond donors (Lipinski definition) is 0. The molecule has 8 saturated carbocycles. The van der Waals surface area contributed by atoms with Gasteiger partial charge in [0, 0.05) is 49.2 Å². The summed E-state index contributed by atoms with van der Waals surface area (Å²) in [6, 6.07) is 57.6. The summed E-state index contributed by atoms with van der Waals surface area (Å²) in [5.74, 6) is 6.25. The van der Waals surface area contributed by atoms with Crippen LogP contribution in [0.15, 0.2) is 150 Å². The summed E-state index contributed by atoms with van der Waals surface area (Å²) >= 11 is 0. The second kappa shape index (κ2) is 14.2. The first-order chi connectivity index (χ1) is 36.1. The zero-order valence-corrected chi connectivity index (χ0v) is 43.2. The van der Waals surface area contributed by atoms with E-state index in [0.29, 0.717) is 5.41 Å². The Labute approximate surface area is 435 Å². The summed E-state index contributed by atoms with van der Waals surface area (Å²) in [5, 5.41) is 9.18. The summed E-state index contributed by atoms with van der Waals surface area (Å²) in [5.41, 5.74) is 19.2. The molecular formula is C70H63BN2O. The quantitative estimate of drug-likeness (QED) is 0.164. The SMILES string of the molecule is CC(C)(C)c1ccc(N2c3oc4cc5ccccc5cc4c3B3c4c(cc5ccccc5c42)-c2cc(C45CC6CC(CC(C6)C4)C5)cc4c5cc(C67CC8CC(CC(C8)C6)C7)ccc5n3c24)c(-c2ccccc2)c1. The van der Waals surface area contributed by atoms with E-state index in [1.807, 2.05) is 0 Å². The van der Waals surface area contributed by atoms with Gasteiger partial charge in [-0.25, -0.2) is 0 Å². The van der Waals surface area contributed by atoms with E-state index in [-0.39, 0.29) is 17.7 Å². The van der Waals surface area contributed by atoms with Crippen LogP contribution in [-0.2, 0) is 16.2 Å². The number of hydrogen-bond acceptors (Lipinski definition) is 2. The first-order valence-electron chi connectivity index (χ1n) is 28.8. The molecule has 8 aromatic carbocycles. The third-order valence-corrected chi connectivity index (χ3v) is 21.5. The minimum atomic E-state index is -0.115. The topological polar surface area (TPSA) is 21.3 Å². The Morgan fingerprint density at radius 1 is 0.486 bits per heavy atom. The smallest absolute Gasteiger partial charge is 0.337 e. The van der Waals surface area contributed by atoms with E-state index in [1.165, 1.54) is 170 Å². The van der Waals surface area contributed by atoms with Gasteiger partial charge in [-0.15, -0.1) is 0 Å². The van der Waals surface area contributed by atoms with Gasteiger partial charge in [0.25, 0.3) is 0 Å². The molecule has 74 heavy (non-hydrogen) atoms. The van der Waals surface area contributed by atoms with Crippen LogP contribution >= 0.6 is 0 Å². The highest BCUT2D eigenvalue weighted by Gasteiger charge is 2.54. The number of nitrogens with zero attached hydrogens (tertiary/aromatic N) is 2. The van der Waals surface area contributed by atoms with Gasteiger partial charge in [0.05, 0.1) is 11.4 Å². The molecule has 362 valence electrons.